The molecule has 0 aliphatic carbocycles. The molecule has 0 aromatic carbocycles. The lowest BCUT2D eigenvalue weighted by molar-refractivity contribution is -0.119. The molecule has 110 valence electrons. The first kappa shape index (κ1) is 14.8. The van der Waals surface area contributed by atoms with Gasteiger partial charge in [-0.15, -0.1) is 0 Å². The van der Waals surface area contributed by atoms with Crippen molar-refractivity contribution in [2.45, 2.75) is 44.2 Å². The minimum atomic E-state index is -0.210. The first-order chi connectivity index (χ1) is 9.13. The molecular weight excluding hydrogens is 240 g/mol. The van der Waals surface area contributed by atoms with Gasteiger partial charge in [0, 0.05) is 25.2 Å². The lowest BCUT2D eigenvalue weighted by Crippen LogP contribution is -2.48. The van der Waals surface area contributed by atoms with Crippen LogP contribution in [0.3, 0.4) is 0 Å². The number of hydrogen-bond donors (Lipinski definition) is 2. The third kappa shape index (κ3) is 5.09. The molecule has 5 nitrogen and oxygen atoms in total. The van der Waals surface area contributed by atoms with Crippen LogP contribution in [-0.2, 0) is 4.79 Å². The van der Waals surface area contributed by atoms with Crippen LogP contribution >= 0.6 is 0 Å². The summed E-state index contributed by atoms with van der Waals surface area (Å²) in [5, 5.41) is 3.82. The Balaban J connectivity index is 1.68. The molecule has 0 radical (unpaired) electrons. The van der Waals surface area contributed by atoms with Crippen molar-refractivity contribution < 1.29 is 4.79 Å². The monoisotopic (exact) mass is 268 g/mol. The van der Waals surface area contributed by atoms with Gasteiger partial charge in [0.25, 0.3) is 0 Å². The molecule has 2 aliphatic heterocycles. The van der Waals surface area contributed by atoms with Gasteiger partial charge in [-0.05, 0) is 52.2 Å². The fraction of sp³-hybridized carbons (Fsp3) is 0.929. The molecule has 0 saturated carbocycles. The van der Waals surface area contributed by atoms with Crippen LogP contribution in [0.5, 0.6) is 0 Å². The standard InChI is InChI=1S/C14H28N4O/c1-17-7-2-3-12(4-8-17)16-13-5-9-18(10-6-13)11-14(15)19/h12-13,16H,2-11H2,1H3,(H2,15,19). The van der Waals surface area contributed by atoms with Gasteiger partial charge in [-0.2, -0.15) is 0 Å². The Morgan fingerprint density at radius 3 is 2.42 bits per heavy atom. The maximum atomic E-state index is 10.9. The van der Waals surface area contributed by atoms with E-state index >= 15 is 0 Å². The zero-order chi connectivity index (χ0) is 13.7. The Labute approximate surface area is 116 Å². The number of hydrogen-bond acceptors (Lipinski definition) is 4. The van der Waals surface area contributed by atoms with Gasteiger partial charge < -0.3 is 16.0 Å². The molecule has 0 aromatic heterocycles. The molecule has 5 heteroatoms. The molecule has 19 heavy (non-hydrogen) atoms. The fourth-order valence-corrected chi connectivity index (χ4v) is 3.22. The van der Waals surface area contributed by atoms with E-state index in [-0.39, 0.29) is 5.91 Å². The van der Waals surface area contributed by atoms with Gasteiger partial charge in [0.1, 0.15) is 0 Å². The van der Waals surface area contributed by atoms with Crippen molar-refractivity contribution in [3.63, 3.8) is 0 Å². The van der Waals surface area contributed by atoms with Crippen LogP contribution in [0.1, 0.15) is 32.1 Å². The van der Waals surface area contributed by atoms with E-state index in [1.807, 2.05) is 0 Å². The Hall–Kier alpha value is -0.650. The average Bonchev–Trinajstić information content (AvgIpc) is 2.56. The topological polar surface area (TPSA) is 61.6 Å². The normalized spacial score (nSPS) is 28.2. The third-order valence-corrected chi connectivity index (χ3v) is 4.39. The van der Waals surface area contributed by atoms with Crippen LogP contribution in [0.25, 0.3) is 0 Å². The maximum absolute atomic E-state index is 10.9. The average molecular weight is 268 g/mol. The van der Waals surface area contributed by atoms with Gasteiger partial charge >= 0.3 is 0 Å². The van der Waals surface area contributed by atoms with Crippen molar-refractivity contribution in [2.24, 2.45) is 5.73 Å². The molecule has 0 bridgehead atoms. The van der Waals surface area contributed by atoms with Crippen LogP contribution in [-0.4, -0.2) is 67.6 Å². The highest BCUT2D eigenvalue weighted by Crippen LogP contribution is 2.15. The van der Waals surface area contributed by atoms with Gasteiger partial charge in [0.2, 0.25) is 5.91 Å². The number of nitrogens with one attached hydrogen (secondary N) is 1. The number of primary amides is 1. The number of likely N-dealkylation sites (tertiary alicyclic amines) is 2. The Morgan fingerprint density at radius 2 is 1.74 bits per heavy atom. The minimum Gasteiger partial charge on any atom is -0.369 e. The van der Waals surface area contributed by atoms with E-state index in [2.05, 4.69) is 22.2 Å². The molecular formula is C14H28N4O. The van der Waals surface area contributed by atoms with Gasteiger partial charge in [-0.25, -0.2) is 0 Å². The minimum absolute atomic E-state index is 0.210. The summed E-state index contributed by atoms with van der Waals surface area (Å²) in [4.78, 5) is 15.5. The van der Waals surface area contributed by atoms with Crippen molar-refractivity contribution in [2.75, 3.05) is 39.8 Å². The number of rotatable bonds is 4. The van der Waals surface area contributed by atoms with E-state index < -0.39 is 0 Å². The zero-order valence-corrected chi connectivity index (χ0v) is 12.1. The summed E-state index contributed by atoms with van der Waals surface area (Å²) in [6.07, 6.45) is 6.14. The Bertz CT molecular complexity index is 289. The fourth-order valence-electron chi connectivity index (χ4n) is 3.22. The Morgan fingerprint density at radius 1 is 1.11 bits per heavy atom. The van der Waals surface area contributed by atoms with E-state index in [1.165, 1.54) is 32.4 Å². The quantitative estimate of drug-likeness (QED) is 0.754. The summed E-state index contributed by atoms with van der Waals surface area (Å²) in [5.74, 6) is -0.210. The number of amides is 1. The highest BCUT2D eigenvalue weighted by molar-refractivity contribution is 5.75. The first-order valence-electron chi connectivity index (χ1n) is 7.59. The molecule has 2 saturated heterocycles. The van der Waals surface area contributed by atoms with Crippen molar-refractivity contribution in [3.05, 3.63) is 0 Å². The predicted molar refractivity (Wildman–Crippen MR) is 76.9 cm³/mol. The number of nitrogens with two attached hydrogens (primary N) is 1. The molecule has 0 spiro atoms. The molecule has 1 amide bonds. The maximum Gasteiger partial charge on any atom is 0.231 e. The van der Waals surface area contributed by atoms with Crippen molar-refractivity contribution in [3.8, 4) is 0 Å². The molecule has 2 rings (SSSR count). The number of nitrogens with zero attached hydrogens (tertiary/aromatic N) is 2. The molecule has 1 atom stereocenters. The van der Waals surface area contributed by atoms with Gasteiger partial charge in [0.05, 0.1) is 6.54 Å². The van der Waals surface area contributed by atoms with Crippen LogP contribution in [0.4, 0.5) is 0 Å². The zero-order valence-electron chi connectivity index (χ0n) is 12.1. The lowest BCUT2D eigenvalue weighted by atomic mass is 10.0. The van der Waals surface area contributed by atoms with E-state index in [1.54, 1.807) is 0 Å². The van der Waals surface area contributed by atoms with Crippen molar-refractivity contribution in [1.29, 1.82) is 0 Å². The molecule has 2 aliphatic rings. The molecule has 0 aromatic rings. The summed E-state index contributed by atoms with van der Waals surface area (Å²) in [7, 11) is 2.21. The van der Waals surface area contributed by atoms with Crippen LogP contribution in [0, 0.1) is 0 Å². The smallest absolute Gasteiger partial charge is 0.231 e. The van der Waals surface area contributed by atoms with Gasteiger partial charge in [-0.3, -0.25) is 9.69 Å². The summed E-state index contributed by atoms with van der Waals surface area (Å²) in [6, 6.07) is 1.30. The van der Waals surface area contributed by atoms with Crippen LogP contribution in [0.15, 0.2) is 0 Å². The summed E-state index contributed by atoms with van der Waals surface area (Å²) in [6.45, 7) is 4.84. The van der Waals surface area contributed by atoms with Gasteiger partial charge in [-0.1, -0.05) is 0 Å². The molecule has 2 heterocycles. The van der Waals surface area contributed by atoms with Crippen molar-refractivity contribution >= 4 is 5.91 Å². The van der Waals surface area contributed by atoms with Gasteiger partial charge in [0.15, 0.2) is 0 Å². The van der Waals surface area contributed by atoms with E-state index in [0.717, 1.165) is 25.9 Å². The summed E-state index contributed by atoms with van der Waals surface area (Å²) in [5.41, 5.74) is 5.24. The largest absolute Gasteiger partial charge is 0.369 e. The number of piperidine rings is 1. The summed E-state index contributed by atoms with van der Waals surface area (Å²) >= 11 is 0. The molecule has 1 unspecified atom stereocenters. The highest BCUT2D eigenvalue weighted by Gasteiger charge is 2.23. The van der Waals surface area contributed by atoms with Crippen molar-refractivity contribution in [1.82, 2.24) is 15.1 Å². The van der Waals surface area contributed by atoms with E-state index in [0.29, 0.717) is 18.6 Å². The number of carbonyl (C=O) groups is 1. The predicted octanol–water partition coefficient (Wildman–Crippen LogP) is 0.0100. The van der Waals surface area contributed by atoms with Crippen LogP contribution in [0.2, 0.25) is 0 Å². The second-order valence-electron chi connectivity index (χ2n) is 6.11. The molecule has 2 fully saturated rings. The van der Waals surface area contributed by atoms with E-state index in [4.69, 9.17) is 5.73 Å². The SMILES string of the molecule is CN1CCCC(NC2CCN(CC(N)=O)CC2)CC1. The van der Waals surface area contributed by atoms with Crippen LogP contribution < -0.4 is 11.1 Å². The Kier molecular flexibility index (Phi) is 5.60. The third-order valence-electron chi connectivity index (χ3n) is 4.39. The number of carbonyl (C=O) groups excluding carboxylic acids is 1. The summed E-state index contributed by atoms with van der Waals surface area (Å²) < 4.78 is 0. The molecule has 3 N–H and O–H groups in total. The van der Waals surface area contributed by atoms with E-state index in [9.17, 15) is 4.79 Å². The second-order valence-corrected chi connectivity index (χ2v) is 6.11. The second kappa shape index (κ2) is 7.22. The highest BCUT2D eigenvalue weighted by atomic mass is 16.1. The lowest BCUT2D eigenvalue weighted by Gasteiger charge is -2.33. The first-order valence-corrected chi connectivity index (χ1v) is 7.59.